The topological polar surface area (TPSA) is 62.6 Å². The molecule has 0 radical (unpaired) electrons. The fourth-order valence-electron chi connectivity index (χ4n) is 2.20. The average Bonchev–Trinajstić information content (AvgIpc) is 3.08. The van der Waals surface area contributed by atoms with Gasteiger partial charge in [0.05, 0.1) is 24.3 Å². The van der Waals surface area contributed by atoms with Crippen LogP contribution in [0.4, 0.5) is 18.9 Å². The third-order valence-corrected chi connectivity index (χ3v) is 4.36. The molecule has 0 saturated heterocycles. The first-order valence-electron chi connectivity index (χ1n) is 8.04. The number of carbonyl (C=O) groups is 2. The molecule has 146 valence electrons. The zero-order chi connectivity index (χ0) is 19.9. The second-order valence-corrected chi connectivity index (χ2v) is 6.84. The van der Waals surface area contributed by atoms with E-state index in [0.717, 1.165) is 17.3 Å². The molecular weight excluding hydrogens is 381 g/mol. The molecule has 0 bridgehead atoms. The molecule has 0 aliphatic rings. The Kier molecular flexibility index (Phi) is 7.35. The van der Waals surface area contributed by atoms with Crippen molar-refractivity contribution in [1.29, 1.82) is 0 Å². The van der Waals surface area contributed by atoms with Gasteiger partial charge in [0.2, 0.25) is 11.8 Å². The summed E-state index contributed by atoms with van der Waals surface area (Å²) < 4.78 is 43.2. The number of thioether (sulfide) groups is 1. The summed E-state index contributed by atoms with van der Waals surface area (Å²) in [7, 11) is 0. The van der Waals surface area contributed by atoms with Crippen LogP contribution in [0.2, 0.25) is 0 Å². The zero-order valence-electron chi connectivity index (χ0n) is 14.6. The van der Waals surface area contributed by atoms with Crippen LogP contribution in [0.3, 0.4) is 0 Å². The number of carbonyl (C=O) groups excluding carboxylic acids is 2. The lowest BCUT2D eigenvalue weighted by Crippen LogP contribution is -2.39. The van der Waals surface area contributed by atoms with Gasteiger partial charge in [0.15, 0.2) is 0 Å². The van der Waals surface area contributed by atoms with Gasteiger partial charge in [-0.15, -0.1) is 11.8 Å². The van der Waals surface area contributed by atoms with Gasteiger partial charge in [-0.05, 0) is 31.2 Å². The lowest BCUT2D eigenvalue weighted by atomic mass is 10.2. The van der Waals surface area contributed by atoms with Gasteiger partial charge in [-0.25, -0.2) is 0 Å². The number of aryl methyl sites for hydroxylation is 1. The monoisotopic (exact) mass is 400 g/mol. The quantitative estimate of drug-likeness (QED) is 0.731. The summed E-state index contributed by atoms with van der Waals surface area (Å²) in [5, 5.41) is 2.67. The molecule has 2 amide bonds. The van der Waals surface area contributed by atoms with Crippen LogP contribution in [0, 0.1) is 6.92 Å². The summed E-state index contributed by atoms with van der Waals surface area (Å²) in [5.74, 6) is -1.06. The van der Waals surface area contributed by atoms with Crippen LogP contribution in [-0.2, 0) is 16.1 Å². The van der Waals surface area contributed by atoms with E-state index >= 15 is 0 Å². The zero-order valence-corrected chi connectivity index (χ0v) is 15.4. The second kappa shape index (κ2) is 9.50. The highest BCUT2D eigenvalue weighted by Crippen LogP contribution is 2.19. The van der Waals surface area contributed by atoms with Gasteiger partial charge in [-0.3, -0.25) is 9.59 Å². The lowest BCUT2D eigenvalue weighted by molar-refractivity contribution is -0.161. The van der Waals surface area contributed by atoms with Crippen LogP contribution in [0.1, 0.15) is 11.3 Å². The largest absolute Gasteiger partial charge is 0.467 e. The maximum atomic E-state index is 12.7. The molecule has 1 aromatic carbocycles. The van der Waals surface area contributed by atoms with Gasteiger partial charge in [0.1, 0.15) is 12.3 Å². The van der Waals surface area contributed by atoms with Gasteiger partial charge in [0.25, 0.3) is 0 Å². The van der Waals surface area contributed by atoms with Gasteiger partial charge in [-0.2, -0.15) is 13.2 Å². The van der Waals surface area contributed by atoms with E-state index in [1.54, 1.807) is 12.1 Å². The summed E-state index contributed by atoms with van der Waals surface area (Å²) >= 11 is 0.958. The number of hydrogen-bond acceptors (Lipinski definition) is 4. The lowest BCUT2D eigenvalue weighted by Gasteiger charge is -2.22. The number of halogens is 3. The standard InChI is InChI=1S/C18H19F3N2O3S/c1-13-4-6-14(7-5-13)22-16(24)10-27-11-17(25)23(12-18(19,20)21)9-15-3-2-8-26-15/h2-8H,9-12H2,1H3,(H,22,24). The first-order chi connectivity index (χ1) is 12.7. The van der Waals surface area contributed by atoms with E-state index in [1.807, 2.05) is 19.1 Å². The van der Waals surface area contributed by atoms with Crippen LogP contribution in [0.5, 0.6) is 0 Å². The van der Waals surface area contributed by atoms with Crippen molar-refractivity contribution < 1.29 is 27.2 Å². The molecule has 1 heterocycles. The second-order valence-electron chi connectivity index (χ2n) is 5.85. The number of hydrogen-bond donors (Lipinski definition) is 1. The number of rotatable bonds is 8. The van der Waals surface area contributed by atoms with Crippen LogP contribution in [0.25, 0.3) is 0 Å². The molecule has 9 heteroatoms. The third-order valence-electron chi connectivity index (χ3n) is 3.44. The summed E-state index contributed by atoms with van der Waals surface area (Å²) in [6, 6.07) is 10.2. The van der Waals surface area contributed by atoms with E-state index in [9.17, 15) is 22.8 Å². The first-order valence-corrected chi connectivity index (χ1v) is 9.19. The number of nitrogens with zero attached hydrogens (tertiary/aromatic N) is 1. The Bertz CT molecular complexity index is 746. The Morgan fingerprint density at radius 2 is 1.85 bits per heavy atom. The predicted molar refractivity (Wildman–Crippen MR) is 97.3 cm³/mol. The number of amides is 2. The molecule has 2 rings (SSSR count). The molecule has 0 unspecified atom stereocenters. The minimum Gasteiger partial charge on any atom is -0.467 e. The molecule has 0 aliphatic heterocycles. The van der Waals surface area contributed by atoms with Crippen LogP contribution < -0.4 is 5.32 Å². The van der Waals surface area contributed by atoms with Crippen LogP contribution in [-0.4, -0.2) is 40.9 Å². The van der Waals surface area contributed by atoms with E-state index in [-0.39, 0.29) is 29.7 Å². The maximum Gasteiger partial charge on any atom is 0.406 e. The third kappa shape index (κ3) is 7.78. The number of benzene rings is 1. The molecule has 0 aliphatic carbocycles. The van der Waals surface area contributed by atoms with Gasteiger partial charge in [-0.1, -0.05) is 17.7 Å². The predicted octanol–water partition coefficient (Wildman–Crippen LogP) is 3.85. The average molecular weight is 400 g/mol. The smallest absolute Gasteiger partial charge is 0.406 e. The highest BCUT2D eigenvalue weighted by atomic mass is 32.2. The van der Waals surface area contributed by atoms with Crippen molar-refractivity contribution in [2.45, 2.75) is 19.6 Å². The maximum absolute atomic E-state index is 12.7. The summed E-state index contributed by atoms with van der Waals surface area (Å²) in [5.41, 5.74) is 1.67. The van der Waals surface area contributed by atoms with E-state index in [0.29, 0.717) is 10.6 Å². The SMILES string of the molecule is Cc1ccc(NC(=O)CSCC(=O)N(Cc2ccco2)CC(F)(F)F)cc1. The molecule has 0 spiro atoms. The summed E-state index contributed by atoms with van der Waals surface area (Å²) in [6.07, 6.45) is -3.19. The fourth-order valence-corrected chi connectivity index (χ4v) is 2.91. The number of alkyl halides is 3. The van der Waals surface area contributed by atoms with E-state index < -0.39 is 18.6 Å². The molecule has 0 saturated carbocycles. The van der Waals surface area contributed by atoms with Gasteiger partial charge in [0, 0.05) is 5.69 Å². The van der Waals surface area contributed by atoms with Crippen molar-refractivity contribution in [1.82, 2.24) is 4.90 Å². The molecule has 1 aromatic heterocycles. The Balaban J connectivity index is 1.83. The highest BCUT2D eigenvalue weighted by Gasteiger charge is 2.33. The Morgan fingerprint density at radius 1 is 1.15 bits per heavy atom. The molecule has 5 nitrogen and oxygen atoms in total. The van der Waals surface area contributed by atoms with Crippen molar-refractivity contribution in [2.75, 3.05) is 23.4 Å². The van der Waals surface area contributed by atoms with Crippen molar-refractivity contribution in [3.05, 3.63) is 54.0 Å². The molecular formula is C18H19F3N2O3S. The van der Waals surface area contributed by atoms with Crippen molar-refractivity contribution in [3.8, 4) is 0 Å². The molecule has 0 fully saturated rings. The van der Waals surface area contributed by atoms with Crippen molar-refractivity contribution >= 4 is 29.3 Å². The number of nitrogens with one attached hydrogen (secondary N) is 1. The normalized spacial score (nSPS) is 11.3. The van der Waals surface area contributed by atoms with Crippen LogP contribution in [0.15, 0.2) is 47.1 Å². The van der Waals surface area contributed by atoms with E-state index in [1.165, 1.54) is 18.4 Å². The Morgan fingerprint density at radius 3 is 2.44 bits per heavy atom. The minimum absolute atomic E-state index is 0.0414. The Labute approximate surface area is 158 Å². The van der Waals surface area contributed by atoms with E-state index in [4.69, 9.17) is 4.42 Å². The molecule has 0 atom stereocenters. The molecule has 1 N–H and O–H groups in total. The van der Waals surface area contributed by atoms with Crippen molar-refractivity contribution in [3.63, 3.8) is 0 Å². The van der Waals surface area contributed by atoms with Crippen molar-refractivity contribution in [2.24, 2.45) is 0 Å². The molecule has 2 aromatic rings. The van der Waals surface area contributed by atoms with Gasteiger partial charge >= 0.3 is 6.18 Å². The number of furan rings is 1. The summed E-state index contributed by atoms with van der Waals surface area (Å²) in [6.45, 7) is 0.270. The number of anilines is 1. The Hall–Kier alpha value is -2.42. The van der Waals surface area contributed by atoms with E-state index in [2.05, 4.69) is 5.32 Å². The van der Waals surface area contributed by atoms with Crippen LogP contribution >= 0.6 is 11.8 Å². The fraction of sp³-hybridized carbons (Fsp3) is 0.333. The van der Waals surface area contributed by atoms with Gasteiger partial charge < -0.3 is 14.6 Å². The highest BCUT2D eigenvalue weighted by molar-refractivity contribution is 8.00. The minimum atomic E-state index is -4.52. The summed E-state index contributed by atoms with van der Waals surface area (Å²) in [4.78, 5) is 24.7. The first kappa shape index (κ1) is 20.9. The molecule has 27 heavy (non-hydrogen) atoms.